The molecule has 1 aliphatic rings. The van der Waals surface area contributed by atoms with Crippen molar-refractivity contribution in [1.82, 2.24) is 14.9 Å². The standard InChI is InChI=1S/C17H25N3O/c1-17(2)9-5-4-8-14(17)19-15(13-7-6-12-21-13)16-18-10-11-20(16)3/h6-7,10-12,14-15,19H,4-5,8-9H2,1-3H3. The topological polar surface area (TPSA) is 43.0 Å². The van der Waals surface area contributed by atoms with Gasteiger partial charge in [0.25, 0.3) is 0 Å². The van der Waals surface area contributed by atoms with E-state index in [2.05, 4.69) is 28.7 Å². The van der Waals surface area contributed by atoms with Crippen molar-refractivity contribution >= 4 is 0 Å². The molecule has 0 aromatic carbocycles. The van der Waals surface area contributed by atoms with Gasteiger partial charge in [-0.2, -0.15) is 0 Å². The summed E-state index contributed by atoms with van der Waals surface area (Å²) < 4.78 is 7.73. The van der Waals surface area contributed by atoms with Crippen LogP contribution in [0.25, 0.3) is 0 Å². The van der Waals surface area contributed by atoms with Crippen molar-refractivity contribution in [2.24, 2.45) is 12.5 Å². The van der Waals surface area contributed by atoms with E-state index in [9.17, 15) is 0 Å². The molecule has 2 aromatic rings. The van der Waals surface area contributed by atoms with Gasteiger partial charge in [0.15, 0.2) is 0 Å². The molecule has 0 radical (unpaired) electrons. The molecule has 2 heterocycles. The van der Waals surface area contributed by atoms with Crippen molar-refractivity contribution in [3.63, 3.8) is 0 Å². The number of aryl methyl sites for hydroxylation is 1. The van der Waals surface area contributed by atoms with E-state index in [1.807, 2.05) is 31.6 Å². The summed E-state index contributed by atoms with van der Waals surface area (Å²) in [5.41, 5.74) is 0.314. The molecule has 0 spiro atoms. The largest absolute Gasteiger partial charge is 0.467 e. The SMILES string of the molecule is Cn1ccnc1C(NC1CCCCC1(C)C)c1ccco1. The third-order valence-electron chi connectivity index (χ3n) is 4.82. The summed E-state index contributed by atoms with van der Waals surface area (Å²) in [4.78, 5) is 4.53. The van der Waals surface area contributed by atoms with E-state index in [-0.39, 0.29) is 6.04 Å². The predicted molar refractivity (Wildman–Crippen MR) is 82.9 cm³/mol. The number of hydrogen-bond donors (Lipinski definition) is 1. The van der Waals surface area contributed by atoms with E-state index in [0.717, 1.165) is 11.6 Å². The van der Waals surface area contributed by atoms with Crippen molar-refractivity contribution in [2.75, 3.05) is 0 Å². The zero-order chi connectivity index (χ0) is 14.9. The molecule has 4 nitrogen and oxygen atoms in total. The molecule has 3 rings (SSSR count). The second kappa shape index (κ2) is 5.68. The van der Waals surface area contributed by atoms with Gasteiger partial charge in [-0.05, 0) is 30.4 Å². The minimum Gasteiger partial charge on any atom is -0.467 e. The molecule has 2 unspecified atom stereocenters. The lowest BCUT2D eigenvalue weighted by Crippen LogP contribution is -2.46. The Kier molecular flexibility index (Phi) is 3.89. The Morgan fingerprint density at radius 3 is 2.90 bits per heavy atom. The number of nitrogens with zero attached hydrogens (tertiary/aromatic N) is 2. The maximum Gasteiger partial charge on any atom is 0.133 e. The van der Waals surface area contributed by atoms with Crippen LogP contribution in [0.2, 0.25) is 0 Å². The molecule has 1 aliphatic carbocycles. The molecule has 0 amide bonds. The Balaban J connectivity index is 1.88. The van der Waals surface area contributed by atoms with Crippen LogP contribution in [-0.4, -0.2) is 15.6 Å². The highest BCUT2D eigenvalue weighted by Crippen LogP contribution is 2.37. The quantitative estimate of drug-likeness (QED) is 0.933. The average Bonchev–Trinajstić information content (AvgIpc) is 3.09. The number of rotatable bonds is 4. The van der Waals surface area contributed by atoms with Crippen LogP contribution >= 0.6 is 0 Å². The van der Waals surface area contributed by atoms with E-state index in [1.54, 1.807) is 6.26 Å². The van der Waals surface area contributed by atoms with Gasteiger partial charge in [0, 0.05) is 25.5 Å². The van der Waals surface area contributed by atoms with E-state index >= 15 is 0 Å². The Labute approximate surface area is 126 Å². The first-order chi connectivity index (χ1) is 10.1. The smallest absolute Gasteiger partial charge is 0.133 e. The summed E-state index contributed by atoms with van der Waals surface area (Å²) >= 11 is 0. The summed E-state index contributed by atoms with van der Waals surface area (Å²) in [6.07, 6.45) is 10.7. The summed E-state index contributed by atoms with van der Waals surface area (Å²) in [6, 6.07) is 4.47. The van der Waals surface area contributed by atoms with Crippen LogP contribution in [0.3, 0.4) is 0 Å². The zero-order valence-electron chi connectivity index (χ0n) is 13.2. The number of hydrogen-bond acceptors (Lipinski definition) is 3. The maximum atomic E-state index is 5.67. The number of imidazole rings is 1. The molecular weight excluding hydrogens is 262 g/mol. The second-order valence-corrected chi connectivity index (χ2v) is 6.80. The van der Waals surface area contributed by atoms with Crippen molar-refractivity contribution in [3.8, 4) is 0 Å². The monoisotopic (exact) mass is 287 g/mol. The van der Waals surface area contributed by atoms with Gasteiger partial charge >= 0.3 is 0 Å². The average molecular weight is 287 g/mol. The van der Waals surface area contributed by atoms with Crippen molar-refractivity contribution in [3.05, 3.63) is 42.4 Å². The maximum absolute atomic E-state index is 5.67. The molecule has 0 aliphatic heterocycles. The lowest BCUT2D eigenvalue weighted by Gasteiger charge is -2.40. The van der Waals surface area contributed by atoms with E-state index < -0.39 is 0 Å². The number of furan rings is 1. The van der Waals surface area contributed by atoms with Crippen LogP contribution in [0, 0.1) is 5.41 Å². The van der Waals surface area contributed by atoms with Gasteiger partial charge in [0.05, 0.1) is 6.26 Å². The van der Waals surface area contributed by atoms with E-state index in [0.29, 0.717) is 11.5 Å². The summed E-state index contributed by atoms with van der Waals surface area (Å²) in [5.74, 6) is 1.94. The van der Waals surface area contributed by atoms with Crippen LogP contribution < -0.4 is 5.32 Å². The molecule has 4 heteroatoms. The lowest BCUT2D eigenvalue weighted by atomic mass is 9.73. The molecule has 2 atom stereocenters. The fraction of sp³-hybridized carbons (Fsp3) is 0.588. The highest BCUT2D eigenvalue weighted by Gasteiger charge is 2.35. The molecule has 21 heavy (non-hydrogen) atoms. The van der Waals surface area contributed by atoms with E-state index in [1.165, 1.54) is 25.7 Å². The van der Waals surface area contributed by atoms with Crippen LogP contribution in [0.5, 0.6) is 0 Å². The number of nitrogens with one attached hydrogen (secondary N) is 1. The minimum absolute atomic E-state index is 0.0161. The van der Waals surface area contributed by atoms with Gasteiger partial charge in [0.2, 0.25) is 0 Å². The minimum atomic E-state index is 0.0161. The van der Waals surface area contributed by atoms with Crippen molar-refractivity contribution in [2.45, 2.75) is 51.6 Å². The molecule has 0 saturated heterocycles. The first-order valence-corrected chi connectivity index (χ1v) is 7.84. The Bertz CT molecular complexity index is 571. The third-order valence-corrected chi connectivity index (χ3v) is 4.82. The summed E-state index contributed by atoms with van der Waals surface area (Å²) in [6.45, 7) is 4.73. The molecule has 0 bridgehead atoms. The Morgan fingerprint density at radius 2 is 2.29 bits per heavy atom. The highest BCUT2D eigenvalue weighted by molar-refractivity contribution is 5.16. The molecule has 1 N–H and O–H groups in total. The Morgan fingerprint density at radius 1 is 1.43 bits per heavy atom. The van der Waals surface area contributed by atoms with Gasteiger partial charge in [-0.1, -0.05) is 26.7 Å². The van der Waals surface area contributed by atoms with Gasteiger partial charge in [-0.25, -0.2) is 4.98 Å². The predicted octanol–water partition coefficient (Wildman–Crippen LogP) is 3.66. The van der Waals surface area contributed by atoms with Gasteiger partial charge in [0.1, 0.15) is 17.6 Å². The molecule has 2 aromatic heterocycles. The van der Waals surface area contributed by atoms with Crippen molar-refractivity contribution in [1.29, 1.82) is 0 Å². The third kappa shape index (κ3) is 2.91. The molecule has 1 saturated carbocycles. The Hall–Kier alpha value is -1.55. The van der Waals surface area contributed by atoms with Crippen LogP contribution in [-0.2, 0) is 7.05 Å². The van der Waals surface area contributed by atoms with Gasteiger partial charge in [-0.15, -0.1) is 0 Å². The van der Waals surface area contributed by atoms with Crippen LogP contribution in [0.4, 0.5) is 0 Å². The zero-order valence-corrected chi connectivity index (χ0v) is 13.2. The lowest BCUT2D eigenvalue weighted by molar-refractivity contribution is 0.155. The molecule has 1 fully saturated rings. The normalized spacial score (nSPS) is 23.1. The first-order valence-electron chi connectivity index (χ1n) is 7.84. The van der Waals surface area contributed by atoms with Gasteiger partial charge < -0.3 is 8.98 Å². The van der Waals surface area contributed by atoms with Crippen LogP contribution in [0.1, 0.15) is 57.2 Å². The van der Waals surface area contributed by atoms with Crippen LogP contribution in [0.15, 0.2) is 35.2 Å². The fourth-order valence-electron chi connectivity index (χ4n) is 3.40. The van der Waals surface area contributed by atoms with Crippen molar-refractivity contribution < 1.29 is 4.42 Å². The second-order valence-electron chi connectivity index (χ2n) is 6.80. The molecular formula is C17H25N3O. The first kappa shape index (κ1) is 14.4. The summed E-state index contributed by atoms with van der Waals surface area (Å²) in [7, 11) is 2.03. The highest BCUT2D eigenvalue weighted by atomic mass is 16.3. The number of aromatic nitrogens is 2. The van der Waals surface area contributed by atoms with Gasteiger partial charge in [-0.3, -0.25) is 5.32 Å². The fourth-order valence-corrected chi connectivity index (χ4v) is 3.40. The molecule has 114 valence electrons. The summed E-state index contributed by atoms with van der Waals surface area (Å²) in [5, 5.41) is 3.81. The van der Waals surface area contributed by atoms with E-state index in [4.69, 9.17) is 4.42 Å².